The Bertz CT molecular complexity index is 337. The Labute approximate surface area is 137 Å². The van der Waals surface area contributed by atoms with Gasteiger partial charge in [0.15, 0.2) is 8.32 Å². The highest BCUT2D eigenvalue weighted by molar-refractivity contribution is 9.28. The minimum Gasteiger partial charge on any atom is -0.416 e. The monoisotopic (exact) mass is 410 g/mol. The van der Waals surface area contributed by atoms with E-state index in [9.17, 15) is 0 Å². The van der Waals surface area contributed by atoms with Crippen LogP contribution < -0.4 is 0 Å². The van der Waals surface area contributed by atoms with Crippen molar-refractivity contribution in [2.45, 2.75) is 59.2 Å². The molecule has 0 aliphatic rings. The highest BCUT2D eigenvalue weighted by atomic mass is 79.9. The van der Waals surface area contributed by atoms with E-state index in [0.29, 0.717) is 5.92 Å². The fraction of sp³-hybridized carbons (Fsp3) is 0.733. The van der Waals surface area contributed by atoms with Gasteiger partial charge in [0, 0.05) is 6.61 Å². The number of allylic oxidation sites excluding steroid dienone is 2. The van der Waals surface area contributed by atoms with Crippen LogP contribution in [-0.4, -0.2) is 14.9 Å². The van der Waals surface area contributed by atoms with Crippen LogP contribution in [0.15, 0.2) is 21.1 Å². The van der Waals surface area contributed by atoms with Gasteiger partial charge in [0.2, 0.25) is 0 Å². The lowest BCUT2D eigenvalue weighted by atomic mass is 10.1. The van der Waals surface area contributed by atoms with Gasteiger partial charge in [-0.25, -0.2) is 0 Å². The SMILES string of the molecule is C/C(=C/[C@@H](C)CO[Si](C)(C)C(C)(C)C)CC=C(Br)Br. The third kappa shape index (κ3) is 8.48. The molecular formula is C15H28Br2OSi. The molecule has 0 radical (unpaired) electrons. The van der Waals surface area contributed by atoms with E-state index in [2.05, 4.69) is 91.7 Å². The number of hydrogen-bond acceptors (Lipinski definition) is 1. The normalized spacial score (nSPS) is 15.3. The van der Waals surface area contributed by atoms with Crippen molar-refractivity contribution >= 4 is 40.2 Å². The van der Waals surface area contributed by atoms with Gasteiger partial charge in [-0.2, -0.15) is 0 Å². The Morgan fingerprint density at radius 1 is 1.26 bits per heavy atom. The van der Waals surface area contributed by atoms with Gasteiger partial charge in [0.25, 0.3) is 0 Å². The molecule has 0 saturated carbocycles. The van der Waals surface area contributed by atoms with Crippen molar-refractivity contribution in [3.8, 4) is 0 Å². The maximum absolute atomic E-state index is 6.24. The van der Waals surface area contributed by atoms with E-state index in [1.165, 1.54) is 5.57 Å². The van der Waals surface area contributed by atoms with Crippen molar-refractivity contribution in [2.75, 3.05) is 6.61 Å². The van der Waals surface area contributed by atoms with Gasteiger partial charge < -0.3 is 4.43 Å². The van der Waals surface area contributed by atoms with E-state index in [1.807, 2.05) is 0 Å². The molecule has 0 aromatic heterocycles. The first-order valence-electron chi connectivity index (χ1n) is 6.78. The Morgan fingerprint density at radius 2 is 1.79 bits per heavy atom. The average molecular weight is 412 g/mol. The second-order valence-electron chi connectivity index (χ2n) is 6.76. The molecule has 0 N–H and O–H groups in total. The van der Waals surface area contributed by atoms with Crippen LogP contribution in [0.25, 0.3) is 0 Å². The Balaban J connectivity index is 4.37. The van der Waals surface area contributed by atoms with Crippen LogP contribution in [0.1, 0.15) is 41.0 Å². The lowest BCUT2D eigenvalue weighted by Gasteiger charge is -2.36. The third-order valence-electron chi connectivity index (χ3n) is 3.66. The van der Waals surface area contributed by atoms with Gasteiger partial charge >= 0.3 is 0 Å². The van der Waals surface area contributed by atoms with Crippen LogP contribution in [0.4, 0.5) is 0 Å². The van der Waals surface area contributed by atoms with E-state index in [0.717, 1.165) is 16.4 Å². The van der Waals surface area contributed by atoms with Crippen molar-refractivity contribution < 1.29 is 4.43 Å². The zero-order chi connectivity index (χ0) is 15.3. The summed E-state index contributed by atoms with van der Waals surface area (Å²) in [5.41, 5.74) is 1.38. The van der Waals surface area contributed by atoms with Gasteiger partial charge in [-0.15, -0.1) is 0 Å². The molecule has 112 valence electrons. The highest BCUT2D eigenvalue weighted by Crippen LogP contribution is 2.36. The van der Waals surface area contributed by atoms with Crippen molar-refractivity contribution in [3.63, 3.8) is 0 Å². The van der Waals surface area contributed by atoms with Crippen LogP contribution >= 0.6 is 31.9 Å². The summed E-state index contributed by atoms with van der Waals surface area (Å²) in [6.07, 6.45) is 5.40. The molecule has 0 amide bonds. The lowest BCUT2D eigenvalue weighted by molar-refractivity contribution is 0.259. The van der Waals surface area contributed by atoms with Crippen molar-refractivity contribution in [3.05, 3.63) is 21.1 Å². The molecule has 0 fully saturated rings. The van der Waals surface area contributed by atoms with Crippen LogP contribution in [0, 0.1) is 5.92 Å². The Morgan fingerprint density at radius 3 is 2.21 bits per heavy atom. The van der Waals surface area contributed by atoms with Crippen LogP contribution in [0.3, 0.4) is 0 Å². The average Bonchev–Trinajstić information content (AvgIpc) is 2.22. The lowest BCUT2D eigenvalue weighted by Crippen LogP contribution is -2.41. The largest absolute Gasteiger partial charge is 0.416 e. The maximum Gasteiger partial charge on any atom is 0.192 e. The smallest absolute Gasteiger partial charge is 0.192 e. The third-order valence-corrected chi connectivity index (χ3v) is 8.81. The predicted molar refractivity (Wildman–Crippen MR) is 96.6 cm³/mol. The minimum atomic E-state index is -1.61. The maximum atomic E-state index is 6.24. The quantitative estimate of drug-likeness (QED) is 0.352. The molecule has 0 unspecified atom stereocenters. The van der Waals surface area contributed by atoms with Crippen molar-refractivity contribution in [1.29, 1.82) is 0 Å². The summed E-state index contributed by atoms with van der Waals surface area (Å²) in [6.45, 7) is 16.7. The molecule has 0 rings (SSSR count). The van der Waals surface area contributed by atoms with Crippen molar-refractivity contribution in [2.24, 2.45) is 5.92 Å². The topological polar surface area (TPSA) is 9.23 Å². The summed E-state index contributed by atoms with van der Waals surface area (Å²) in [7, 11) is -1.61. The van der Waals surface area contributed by atoms with E-state index in [4.69, 9.17) is 4.43 Å². The van der Waals surface area contributed by atoms with Gasteiger partial charge in [-0.1, -0.05) is 45.4 Å². The number of halogens is 2. The predicted octanol–water partition coefficient (Wildman–Crippen LogP) is 6.61. The molecule has 0 aromatic carbocycles. The standard InChI is InChI=1S/C15H28Br2OSi/c1-12(8-9-14(16)17)10-13(2)11-18-19(6,7)15(3,4)5/h9-10,13H,8,11H2,1-7H3/b12-10-/t13-/m1/s1. The summed E-state index contributed by atoms with van der Waals surface area (Å²) < 4.78 is 7.25. The fourth-order valence-corrected chi connectivity index (χ4v) is 2.83. The van der Waals surface area contributed by atoms with Crippen molar-refractivity contribution in [1.82, 2.24) is 0 Å². The van der Waals surface area contributed by atoms with E-state index < -0.39 is 8.32 Å². The summed E-state index contributed by atoms with van der Waals surface area (Å²) in [4.78, 5) is 0. The molecule has 1 nitrogen and oxygen atoms in total. The molecule has 1 atom stereocenters. The van der Waals surface area contributed by atoms with Gasteiger partial charge in [-0.3, -0.25) is 0 Å². The summed E-state index contributed by atoms with van der Waals surface area (Å²) in [6, 6.07) is 0. The van der Waals surface area contributed by atoms with Gasteiger partial charge in [-0.05, 0) is 69.3 Å². The van der Waals surface area contributed by atoms with Crippen LogP contribution in [0.5, 0.6) is 0 Å². The molecule has 4 heteroatoms. The second kappa shape index (κ2) is 8.16. The van der Waals surface area contributed by atoms with Crippen LogP contribution in [0.2, 0.25) is 18.1 Å². The number of rotatable bonds is 6. The molecule has 0 aromatic rings. The Hall–Kier alpha value is 0.617. The summed E-state index contributed by atoms with van der Waals surface area (Å²) in [5, 5.41) is 0.287. The molecule has 0 saturated heterocycles. The molecule has 0 aliphatic carbocycles. The fourth-order valence-electron chi connectivity index (χ4n) is 1.40. The molecule has 0 bridgehead atoms. The van der Waals surface area contributed by atoms with Gasteiger partial charge in [0.1, 0.15) is 0 Å². The minimum absolute atomic E-state index is 0.287. The van der Waals surface area contributed by atoms with E-state index >= 15 is 0 Å². The van der Waals surface area contributed by atoms with E-state index in [1.54, 1.807) is 0 Å². The molecular weight excluding hydrogens is 384 g/mol. The first-order valence-corrected chi connectivity index (χ1v) is 11.3. The Kier molecular flexibility index (Phi) is 8.42. The second-order valence-corrected chi connectivity index (χ2v) is 14.3. The molecule has 0 heterocycles. The molecule has 0 spiro atoms. The molecule has 0 aliphatic heterocycles. The summed E-state index contributed by atoms with van der Waals surface area (Å²) >= 11 is 6.76. The highest BCUT2D eigenvalue weighted by Gasteiger charge is 2.37. The zero-order valence-electron chi connectivity index (χ0n) is 13.3. The van der Waals surface area contributed by atoms with Crippen LogP contribution in [-0.2, 0) is 4.43 Å². The summed E-state index contributed by atoms with van der Waals surface area (Å²) in [5.74, 6) is 0.469. The first-order chi connectivity index (χ1) is 8.45. The zero-order valence-corrected chi connectivity index (χ0v) is 17.5. The first kappa shape index (κ1) is 19.6. The van der Waals surface area contributed by atoms with Gasteiger partial charge in [0.05, 0.1) is 3.39 Å². The van der Waals surface area contributed by atoms with E-state index in [-0.39, 0.29) is 5.04 Å². The number of hydrogen-bond donors (Lipinski definition) is 0. The molecule has 19 heavy (non-hydrogen) atoms.